The number of hydrogen-bond donors (Lipinski definition) is 0. The van der Waals surface area contributed by atoms with Crippen molar-refractivity contribution in [1.29, 1.82) is 0 Å². The third-order valence-corrected chi connectivity index (χ3v) is 6.44. The third kappa shape index (κ3) is 12.9. The molecule has 0 aromatic heterocycles. The van der Waals surface area contributed by atoms with Gasteiger partial charge in [0.05, 0.1) is 26.4 Å². The Labute approximate surface area is 250 Å². The fraction of sp³-hybridized carbons (Fsp3) is 0.333. The van der Waals surface area contributed by atoms with Crippen LogP contribution >= 0.6 is 0 Å². The van der Waals surface area contributed by atoms with Gasteiger partial charge in [-0.1, -0.05) is 61.2 Å². The Morgan fingerprint density at radius 1 is 0.619 bits per heavy atom. The van der Waals surface area contributed by atoms with Crippen LogP contribution in [0.15, 0.2) is 97.1 Å². The summed E-state index contributed by atoms with van der Waals surface area (Å²) >= 11 is 0. The van der Waals surface area contributed by atoms with Crippen molar-refractivity contribution >= 4 is 18.0 Å². The summed E-state index contributed by atoms with van der Waals surface area (Å²) in [4.78, 5) is 23.1. The molecule has 3 aromatic rings. The van der Waals surface area contributed by atoms with Crippen molar-refractivity contribution in [3.05, 3.63) is 103 Å². The molecular formula is C36H42O6. The van der Waals surface area contributed by atoms with Crippen LogP contribution in [0.5, 0.6) is 11.5 Å². The van der Waals surface area contributed by atoms with E-state index in [1.165, 1.54) is 6.08 Å². The van der Waals surface area contributed by atoms with Crippen LogP contribution in [0.2, 0.25) is 0 Å². The highest BCUT2D eigenvalue weighted by Gasteiger charge is 2.03. The van der Waals surface area contributed by atoms with Crippen molar-refractivity contribution in [2.75, 3.05) is 26.4 Å². The first-order chi connectivity index (χ1) is 20.5. The molecule has 6 heteroatoms. The molecule has 0 N–H and O–H groups in total. The first kappa shape index (κ1) is 32.2. The second-order valence-corrected chi connectivity index (χ2v) is 10.0. The molecule has 0 spiro atoms. The fourth-order valence-electron chi connectivity index (χ4n) is 4.04. The van der Waals surface area contributed by atoms with Gasteiger partial charge in [0.2, 0.25) is 0 Å². The van der Waals surface area contributed by atoms with Gasteiger partial charge in [0, 0.05) is 11.6 Å². The van der Waals surface area contributed by atoms with Gasteiger partial charge < -0.3 is 18.9 Å². The lowest BCUT2D eigenvalue weighted by atomic mass is 10.1. The first-order valence-electron chi connectivity index (χ1n) is 14.7. The summed E-state index contributed by atoms with van der Waals surface area (Å²) in [5.41, 5.74) is 3.64. The average Bonchev–Trinajstić information content (AvgIpc) is 3.01. The molecule has 0 aliphatic carbocycles. The topological polar surface area (TPSA) is 71.1 Å². The van der Waals surface area contributed by atoms with Crippen molar-refractivity contribution in [1.82, 2.24) is 0 Å². The van der Waals surface area contributed by atoms with E-state index in [9.17, 15) is 9.59 Å². The van der Waals surface area contributed by atoms with Crippen LogP contribution in [0.25, 0.3) is 17.2 Å². The molecule has 0 unspecified atom stereocenters. The largest absolute Gasteiger partial charge is 0.494 e. The normalized spacial score (nSPS) is 10.8. The zero-order chi connectivity index (χ0) is 29.8. The lowest BCUT2D eigenvalue weighted by Gasteiger charge is -2.09. The highest BCUT2D eigenvalue weighted by atomic mass is 16.5. The Kier molecular flexibility index (Phi) is 14.5. The number of rotatable bonds is 19. The second-order valence-electron chi connectivity index (χ2n) is 10.0. The molecule has 0 bridgehead atoms. The Bertz CT molecular complexity index is 1250. The molecule has 0 aliphatic heterocycles. The highest BCUT2D eigenvalue weighted by Crippen LogP contribution is 2.25. The van der Waals surface area contributed by atoms with Crippen LogP contribution in [0.1, 0.15) is 57.4 Å². The standard InChI is InChI=1S/C36H42O6/c1-29(2)36(38)42-28-10-4-3-9-25-39-33-20-16-31(17-21-33)32-18-22-34(23-19-32)40-26-11-6-12-27-41-35(37)24-15-30-13-7-5-8-14-30/h5,7-8,13-24H,1,3-4,6,9-12,25-28H2,2H3/b24-15+. The summed E-state index contributed by atoms with van der Waals surface area (Å²) in [7, 11) is 0. The van der Waals surface area contributed by atoms with Crippen LogP contribution in [-0.2, 0) is 19.1 Å². The van der Waals surface area contributed by atoms with Crippen LogP contribution in [-0.4, -0.2) is 38.4 Å². The van der Waals surface area contributed by atoms with E-state index in [2.05, 4.69) is 30.8 Å². The highest BCUT2D eigenvalue weighted by molar-refractivity contribution is 5.87. The first-order valence-corrected chi connectivity index (χ1v) is 14.7. The number of carbonyl (C=O) groups is 2. The predicted octanol–water partition coefficient (Wildman–Crippen LogP) is 8.22. The molecule has 0 amide bonds. The maximum absolute atomic E-state index is 11.8. The van der Waals surface area contributed by atoms with Crippen molar-refractivity contribution in [3.8, 4) is 22.6 Å². The Balaban J connectivity index is 1.23. The molecule has 0 aliphatic rings. The van der Waals surface area contributed by atoms with Gasteiger partial charge in [-0.2, -0.15) is 0 Å². The molecule has 3 aromatic carbocycles. The van der Waals surface area contributed by atoms with E-state index in [1.54, 1.807) is 13.0 Å². The number of ether oxygens (including phenoxy) is 4. The SMILES string of the molecule is C=C(C)C(=O)OCCCCCCOc1ccc(-c2ccc(OCCCCCOC(=O)/C=C/c3ccccc3)cc2)cc1. The summed E-state index contributed by atoms with van der Waals surface area (Å²) in [6.07, 6.45) is 9.68. The average molecular weight is 571 g/mol. The van der Waals surface area contributed by atoms with Crippen LogP contribution in [0.4, 0.5) is 0 Å². The van der Waals surface area contributed by atoms with Crippen LogP contribution in [0.3, 0.4) is 0 Å². The lowest BCUT2D eigenvalue weighted by molar-refractivity contribution is -0.139. The molecule has 0 heterocycles. The fourth-order valence-corrected chi connectivity index (χ4v) is 4.04. The minimum atomic E-state index is -0.320. The van der Waals surface area contributed by atoms with E-state index in [0.717, 1.165) is 73.1 Å². The van der Waals surface area contributed by atoms with Gasteiger partial charge in [-0.05, 0) is 98.9 Å². The van der Waals surface area contributed by atoms with Crippen molar-refractivity contribution in [3.63, 3.8) is 0 Å². The molecule has 42 heavy (non-hydrogen) atoms. The number of unbranched alkanes of at least 4 members (excludes halogenated alkanes) is 5. The minimum Gasteiger partial charge on any atom is -0.494 e. The van der Waals surface area contributed by atoms with Gasteiger partial charge in [-0.25, -0.2) is 9.59 Å². The minimum absolute atomic E-state index is 0.318. The van der Waals surface area contributed by atoms with Gasteiger partial charge in [-0.15, -0.1) is 0 Å². The Morgan fingerprint density at radius 3 is 1.62 bits per heavy atom. The van der Waals surface area contributed by atoms with E-state index in [1.807, 2.05) is 54.6 Å². The number of esters is 2. The molecule has 0 fully saturated rings. The summed E-state index contributed by atoms with van der Waals surface area (Å²) < 4.78 is 22.1. The Morgan fingerprint density at radius 2 is 1.10 bits per heavy atom. The molecule has 0 saturated heterocycles. The third-order valence-electron chi connectivity index (χ3n) is 6.44. The van der Waals surface area contributed by atoms with Gasteiger partial charge in [0.15, 0.2) is 0 Å². The lowest BCUT2D eigenvalue weighted by Crippen LogP contribution is -2.06. The summed E-state index contributed by atoms with van der Waals surface area (Å²) in [5, 5.41) is 0. The van der Waals surface area contributed by atoms with Gasteiger partial charge in [-0.3, -0.25) is 0 Å². The molecular weight excluding hydrogens is 528 g/mol. The molecule has 6 nitrogen and oxygen atoms in total. The number of hydrogen-bond acceptors (Lipinski definition) is 6. The van der Waals surface area contributed by atoms with Crippen LogP contribution in [0, 0.1) is 0 Å². The van der Waals surface area contributed by atoms with E-state index in [0.29, 0.717) is 32.0 Å². The van der Waals surface area contributed by atoms with E-state index in [-0.39, 0.29) is 11.9 Å². The molecule has 0 radical (unpaired) electrons. The monoisotopic (exact) mass is 570 g/mol. The van der Waals surface area contributed by atoms with Gasteiger partial charge in [0.1, 0.15) is 11.5 Å². The van der Waals surface area contributed by atoms with E-state index >= 15 is 0 Å². The predicted molar refractivity (Wildman–Crippen MR) is 167 cm³/mol. The smallest absolute Gasteiger partial charge is 0.333 e. The molecule has 0 atom stereocenters. The summed E-state index contributed by atoms with van der Waals surface area (Å²) in [6, 6.07) is 25.9. The zero-order valence-corrected chi connectivity index (χ0v) is 24.6. The molecule has 222 valence electrons. The van der Waals surface area contributed by atoms with Gasteiger partial charge >= 0.3 is 11.9 Å². The van der Waals surface area contributed by atoms with Crippen molar-refractivity contribution < 1.29 is 28.5 Å². The summed E-state index contributed by atoms with van der Waals surface area (Å²) in [5.74, 6) is 1.05. The van der Waals surface area contributed by atoms with Gasteiger partial charge in [0.25, 0.3) is 0 Å². The quantitative estimate of drug-likeness (QED) is 0.0822. The summed E-state index contributed by atoms with van der Waals surface area (Å²) in [6.45, 7) is 7.36. The zero-order valence-electron chi connectivity index (χ0n) is 24.6. The van der Waals surface area contributed by atoms with Crippen LogP contribution < -0.4 is 9.47 Å². The number of carbonyl (C=O) groups excluding carboxylic acids is 2. The Hall–Kier alpha value is -4.32. The molecule has 0 saturated carbocycles. The molecule has 3 rings (SSSR count). The maximum Gasteiger partial charge on any atom is 0.333 e. The van der Waals surface area contributed by atoms with E-state index in [4.69, 9.17) is 18.9 Å². The van der Waals surface area contributed by atoms with Crippen molar-refractivity contribution in [2.24, 2.45) is 0 Å². The maximum atomic E-state index is 11.8. The second kappa shape index (κ2) is 18.9. The van der Waals surface area contributed by atoms with E-state index < -0.39 is 0 Å². The number of benzene rings is 3. The van der Waals surface area contributed by atoms with Crippen molar-refractivity contribution in [2.45, 2.75) is 51.9 Å².